The molecule has 0 bridgehead atoms. The summed E-state index contributed by atoms with van der Waals surface area (Å²) in [5.41, 5.74) is 1.91. The van der Waals surface area contributed by atoms with Crippen LogP contribution in [0.5, 0.6) is 5.75 Å². The molecular weight excluding hydrogens is 310 g/mol. The van der Waals surface area contributed by atoms with Gasteiger partial charge in [0.15, 0.2) is 5.82 Å². The van der Waals surface area contributed by atoms with E-state index in [1.54, 1.807) is 13.2 Å². The summed E-state index contributed by atoms with van der Waals surface area (Å²) in [6, 6.07) is 9.42. The molecule has 1 aromatic carbocycles. The van der Waals surface area contributed by atoms with Crippen molar-refractivity contribution in [2.24, 2.45) is 0 Å². The van der Waals surface area contributed by atoms with Crippen LogP contribution >= 0.6 is 0 Å². The van der Waals surface area contributed by atoms with Gasteiger partial charge in [-0.05, 0) is 29.3 Å². The summed E-state index contributed by atoms with van der Waals surface area (Å²) >= 11 is 0. The predicted octanol–water partition coefficient (Wildman–Crippen LogP) is 1.99. The first-order valence-electron chi connectivity index (χ1n) is 7.28. The first kappa shape index (κ1) is 15.7. The average Bonchev–Trinajstić information content (AvgIpc) is 3.27. The Bertz CT molecular complexity index is 835. The van der Waals surface area contributed by atoms with E-state index in [0.29, 0.717) is 12.2 Å². The van der Waals surface area contributed by atoms with Gasteiger partial charge in [-0.15, -0.1) is 0 Å². The largest absolute Gasteiger partial charge is 0.497 e. The van der Waals surface area contributed by atoms with E-state index in [1.165, 1.54) is 12.6 Å². The molecule has 3 aromatic rings. The number of carbonyl (C=O) groups is 2. The molecule has 3 rings (SSSR count). The molecule has 7 nitrogen and oxygen atoms in total. The third-order valence-corrected chi connectivity index (χ3v) is 3.60. The number of aromatic nitrogens is 3. The lowest BCUT2D eigenvalue weighted by Crippen LogP contribution is -2.18. The first-order valence-corrected chi connectivity index (χ1v) is 7.28. The van der Waals surface area contributed by atoms with Gasteiger partial charge in [-0.1, -0.05) is 12.1 Å². The summed E-state index contributed by atoms with van der Waals surface area (Å²) in [6.07, 6.45) is 3.18. The molecule has 0 atom stereocenters. The second-order valence-electron chi connectivity index (χ2n) is 5.16. The minimum atomic E-state index is -0.709. The van der Waals surface area contributed by atoms with Crippen LogP contribution in [-0.4, -0.2) is 33.9 Å². The zero-order chi connectivity index (χ0) is 16.9. The van der Waals surface area contributed by atoms with Gasteiger partial charge in [0.2, 0.25) is 5.78 Å². The zero-order valence-electron chi connectivity index (χ0n) is 13.0. The summed E-state index contributed by atoms with van der Waals surface area (Å²) < 4.78 is 10.5. The highest BCUT2D eigenvalue weighted by Crippen LogP contribution is 2.19. The molecule has 1 N–H and O–H groups in total. The molecule has 0 fully saturated rings. The minimum absolute atomic E-state index is 0.0664. The van der Waals surface area contributed by atoms with Crippen molar-refractivity contribution in [3.8, 4) is 5.75 Å². The number of rotatable bonds is 7. The van der Waals surface area contributed by atoms with E-state index in [4.69, 9.17) is 9.15 Å². The number of hydrogen-bond donors (Lipinski definition) is 1. The lowest BCUT2D eigenvalue weighted by Gasteiger charge is -2.04. The summed E-state index contributed by atoms with van der Waals surface area (Å²) in [7, 11) is 1.61. The number of ketones is 2. The number of ether oxygens (including phenoxy) is 1. The first-order chi connectivity index (χ1) is 11.7. The molecule has 0 aliphatic rings. The van der Waals surface area contributed by atoms with E-state index >= 15 is 0 Å². The van der Waals surface area contributed by atoms with E-state index in [1.807, 2.05) is 24.3 Å². The molecule has 0 aliphatic carbocycles. The smallest absolute Gasteiger partial charge is 0.265 e. The van der Waals surface area contributed by atoms with Crippen LogP contribution in [-0.2, 0) is 17.6 Å². The lowest BCUT2D eigenvalue weighted by molar-refractivity contribution is -0.114. The minimum Gasteiger partial charge on any atom is -0.497 e. The molecule has 0 aliphatic heterocycles. The van der Waals surface area contributed by atoms with Crippen molar-refractivity contribution in [1.29, 1.82) is 0 Å². The van der Waals surface area contributed by atoms with Gasteiger partial charge in [-0.2, -0.15) is 5.10 Å². The van der Waals surface area contributed by atoms with Gasteiger partial charge >= 0.3 is 0 Å². The van der Waals surface area contributed by atoms with Gasteiger partial charge in [-0.25, -0.2) is 4.98 Å². The van der Waals surface area contributed by atoms with Crippen molar-refractivity contribution >= 4 is 11.6 Å². The van der Waals surface area contributed by atoms with Gasteiger partial charge in [0.25, 0.3) is 5.78 Å². The normalized spacial score (nSPS) is 10.5. The number of aromatic amines is 1. The zero-order valence-corrected chi connectivity index (χ0v) is 13.0. The Hall–Kier alpha value is -3.22. The van der Waals surface area contributed by atoms with Crippen LogP contribution < -0.4 is 4.74 Å². The lowest BCUT2D eigenvalue weighted by atomic mass is 10.0. The van der Waals surface area contributed by atoms with Crippen molar-refractivity contribution in [3.63, 3.8) is 0 Å². The van der Waals surface area contributed by atoms with E-state index in [0.717, 1.165) is 16.9 Å². The average molecular weight is 325 g/mol. The van der Waals surface area contributed by atoms with Crippen LogP contribution in [0.15, 0.2) is 47.3 Å². The maximum atomic E-state index is 12.1. The highest BCUT2D eigenvalue weighted by atomic mass is 16.5. The van der Waals surface area contributed by atoms with E-state index in [9.17, 15) is 9.59 Å². The van der Waals surface area contributed by atoms with Crippen molar-refractivity contribution in [3.05, 3.63) is 65.6 Å². The fraction of sp³-hybridized carbons (Fsp3) is 0.176. The van der Waals surface area contributed by atoms with Crippen molar-refractivity contribution in [2.75, 3.05) is 7.11 Å². The van der Waals surface area contributed by atoms with Gasteiger partial charge in [0.05, 0.1) is 19.8 Å². The molecule has 0 radical (unpaired) electrons. The van der Waals surface area contributed by atoms with Crippen molar-refractivity contribution in [1.82, 2.24) is 15.2 Å². The Morgan fingerprint density at radius 3 is 2.67 bits per heavy atom. The Morgan fingerprint density at radius 1 is 1.21 bits per heavy atom. The van der Waals surface area contributed by atoms with E-state index in [-0.39, 0.29) is 12.2 Å². The molecule has 0 unspecified atom stereocenters. The number of carbonyl (C=O) groups excluding carboxylic acids is 2. The van der Waals surface area contributed by atoms with Gasteiger partial charge in [0.1, 0.15) is 17.8 Å². The summed E-state index contributed by atoms with van der Waals surface area (Å²) in [5.74, 6) is -0.122. The quantitative estimate of drug-likeness (QED) is 0.527. The van der Waals surface area contributed by atoms with Crippen LogP contribution in [0.25, 0.3) is 0 Å². The monoisotopic (exact) mass is 325 g/mol. The fourth-order valence-electron chi connectivity index (χ4n) is 2.32. The maximum Gasteiger partial charge on any atom is 0.265 e. The van der Waals surface area contributed by atoms with Crippen LogP contribution in [0, 0.1) is 0 Å². The molecule has 2 aromatic heterocycles. The molecule has 7 heteroatoms. The number of furan rings is 1. The molecular formula is C17H15N3O4. The molecule has 0 amide bonds. The number of hydrogen-bond acceptors (Lipinski definition) is 6. The van der Waals surface area contributed by atoms with Crippen LogP contribution in [0.4, 0.5) is 0 Å². The third kappa shape index (κ3) is 3.40. The Balaban J connectivity index is 1.70. The number of Topliss-reactive ketones (excluding diaryl/α,β-unsaturated/α-hetero) is 2. The number of methoxy groups -OCH3 is 1. The van der Waals surface area contributed by atoms with Crippen molar-refractivity contribution in [2.45, 2.75) is 12.8 Å². The summed E-state index contributed by atoms with van der Waals surface area (Å²) in [4.78, 5) is 27.7. The Labute approximate surface area is 137 Å². The predicted molar refractivity (Wildman–Crippen MR) is 83.9 cm³/mol. The topological polar surface area (TPSA) is 98.1 Å². The molecule has 2 heterocycles. The molecule has 0 saturated carbocycles. The van der Waals surface area contributed by atoms with Gasteiger partial charge < -0.3 is 9.15 Å². The standard InChI is InChI=1S/C17H15N3O4/c1-23-13-4-2-11(3-5-13)8-12-6-7-24-15(12)9-14(21)16(22)17-18-10-19-20-17/h2-7,10H,8-9H2,1H3,(H,18,19,20). The van der Waals surface area contributed by atoms with Crippen LogP contribution in [0.1, 0.15) is 27.5 Å². The molecule has 0 saturated heterocycles. The van der Waals surface area contributed by atoms with E-state index in [2.05, 4.69) is 15.2 Å². The fourth-order valence-corrected chi connectivity index (χ4v) is 2.32. The van der Waals surface area contributed by atoms with Crippen LogP contribution in [0.3, 0.4) is 0 Å². The number of nitrogens with zero attached hydrogens (tertiary/aromatic N) is 2. The Kier molecular flexibility index (Phi) is 4.51. The second-order valence-corrected chi connectivity index (χ2v) is 5.16. The summed E-state index contributed by atoms with van der Waals surface area (Å²) in [5, 5.41) is 5.96. The molecule has 24 heavy (non-hydrogen) atoms. The number of nitrogens with one attached hydrogen (secondary N) is 1. The van der Waals surface area contributed by atoms with Crippen molar-refractivity contribution < 1.29 is 18.7 Å². The Morgan fingerprint density at radius 2 is 2.00 bits per heavy atom. The highest BCUT2D eigenvalue weighted by Gasteiger charge is 2.22. The second kappa shape index (κ2) is 6.91. The SMILES string of the molecule is COc1ccc(Cc2ccoc2CC(=O)C(=O)c2ncn[nH]2)cc1. The maximum absolute atomic E-state index is 12.1. The summed E-state index contributed by atoms with van der Waals surface area (Å²) in [6.45, 7) is 0. The number of benzene rings is 1. The highest BCUT2D eigenvalue weighted by molar-refractivity contribution is 6.43. The third-order valence-electron chi connectivity index (χ3n) is 3.60. The van der Waals surface area contributed by atoms with Crippen LogP contribution in [0.2, 0.25) is 0 Å². The number of H-pyrrole nitrogens is 1. The molecule has 122 valence electrons. The van der Waals surface area contributed by atoms with Gasteiger partial charge in [-0.3, -0.25) is 14.7 Å². The van der Waals surface area contributed by atoms with E-state index < -0.39 is 11.6 Å². The van der Waals surface area contributed by atoms with Gasteiger partial charge in [0, 0.05) is 6.42 Å². The molecule has 0 spiro atoms.